The number of hydrogen-bond donors (Lipinski definition) is 1. The molecule has 5 heteroatoms. The van der Waals surface area contributed by atoms with Crippen LogP contribution in [0.15, 0.2) is 0 Å². The van der Waals surface area contributed by atoms with Crippen molar-refractivity contribution in [3.8, 4) is 6.07 Å². The molecule has 0 radical (unpaired) electrons. The zero-order valence-corrected chi connectivity index (χ0v) is 11.4. The molecule has 1 aromatic rings. The first-order chi connectivity index (χ1) is 9.11. The van der Waals surface area contributed by atoms with Crippen LogP contribution in [0.3, 0.4) is 0 Å². The number of nitrogens with zero attached hydrogens (tertiary/aromatic N) is 4. The Bertz CT molecular complexity index is 534. The second-order valence-electron chi connectivity index (χ2n) is 5.74. The summed E-state index contributed by atoms with van der Waals surface area (Å²) in [6.45, 7) is 3.84. The molecule has 2 fully saturated rings. The second-order valence-corrected chi connectivity index (χ2v) is 5.74. The van der Waals surface area contributed by atoms with Gasteiger partial charge in [0, 0.05) is 18.1 Å². The van der Waals surface area contributed by atoms with Gasteiger partial charge in [0.1, 0.15) is 11.6 Å². The second kappa shape index (κ2) is 4.46. The van der Waals surface area contributed by atoms with Gasteiger partial charge in [-0.2, -0.15) is 10.4 Å². The molecule has 19 heavy (non-hydrogen) atoms. The highest BCUT2D eigenvalue weighted by Crippen LogP contribution is 2.39. The first kappa shape index (κ1) is 12.4. The molecule has 2 bridgehead atoms. The van der Waals surface area contributed by atoms with Crippen LogP contribution < -0.4 is 10.6 Å². The van der Waals surface area contributed by atoms with E-state index in [4.69, 9.17) is 5.73 Å². The maximum absolute atomic E-state index is 9.43. The third-order valence-corrected chi connectivity index (χ3v) is 4.56. The van der Waals surface area contributed by atoms with Crippen LogP contribution in [0, 0.1) is 25.2 Å². The Hall–Kier alpha value is -1.67. The molecule has 3 rings (SSSR count). The van der Waals surface area contributed by atoms with E-state index in [1.807, 2.05) is 13.8 Å². The van der Waals surface area contributed by atoms with Crippen LogP contribution in [0.4, 0.5) is 5.82 Å². The molecule has 0 aliphatic carbocycles. The van der Waals surface area contributed by atoms with Gasteiger partial charge in [-0.25, -0.2) is 0 Å². The lowest BCUT2D eigenvalue weighted by Gasteiger charge is -2.38. The third-order valence-electron chi connectivity index (χ3n) is 4.56. The van der Waals surface area contributed by atoms with E-state index in [-0.39, 0.29) is 0 Å². The summed E-state index contributed by atoms with van der Waals surface area (Å²) in [5.74, 6) is 0.769. The Morgan fingerprint density at radius 1 is 1.21 bits per heavy atom. The zero-order chi connectivity index (χ0) is 13.6. The normalized spacial score (nSPS) is 29.4. The van der Waals surface area contributed by atoms with Crippen molar-refractivity contribution in [3.63, 3.8) is 0 Å². The third kappa shape index (κ3) is 1.87. The molecule has 2 atom stereocenters. The van der Waals surface area contributed by atoms with Crippen molar-refractivity contribution in [1.82, 2.24) is 10.2 Å². The van der Waals surface area contributed by atoms with Crippen LogP contribution in [0.1, 0.15) is 42.5 Å². The highest BCUT2D eigenvalue weighted by molar-refractivity contribution is 5.59. The molecule has 2 aliphatic rings. The Balaban J connectivity index is 2.05. The van der Waals surface area contributed by atoms with E-state index in [1.54, 1.807) is 0 Å². The smallest absolute Gasteiger partial charge is 0.170 e. The molecule has 5 nitrogen and oxygen atoms in total. The summed E-state index contributed by atoms with van der Waals surface area (Å²) in [5, 5.41) is 17.9. The number of nitrogens with two attached hydrogens (primary N) is 1. The molecular weight excluding hydrogens is 238 g/mol. The summed E-state index contributed by atoms with van der Waals surface area (Å²) in [5.41, 5.74) is 8.55. The molecule has 0 spiro atoms. The van der Waals surface area contributed by atoms with Crippen molar-refractivity contribution in [2.24, 2.45) is 5.73 Å². The Kier molecular flexibility index (Phi) is 2.90. The van der Waals surface area contributed by atoms with E-state index >= 15 is 0 Å². The van der Waals surface area contributed by atoms with Crippen molar-refractivity contribution in [2.45, 2.75) is 57.7 Å². The van der Waals surface area contributed by atoms with Gasteiger partial charge in [0.25, 0.3) is 0 Å². The maximum Gasteiger partial charge on any atom is 0.170 e. The summed E-state index contributed by atoms with van der Waals surface area (Å²) in [6, 6.07) is 3.45. The minimum atomic E-state index is 0.291. The van der Waals surface area contributed by atoms with Crippen LogP contribution in [-0.2, 0) is 0 Å². The fourth-order valence-electron chi connectivity index (χ4n) is 3.48. The van der Waals surface area contributed by atoms with Crippen LogP contribution in [0.5, 0.6) is 0 Å². The van der Waals surface area contributed by atoms with E-state index in [1.165, 1.54) is 0 Å². The molecule has 0 aromatic carbocycles. The number of nitriles is 1. The lowest BCUT2D eigenvalue weighted by atomic mass is 9.97. The Morgan fingerprint density at radius 2 is 1.84 bits per heavy atom. The number of fused-ring (bicyclic) bond motifs is 2. The first-order valence-corrected chi connectivity index (χ1v) is 6.89. The van der Waals surface area contributed by atoms with E-state index < -0.39 is 0 Å². The van der Waals surface area contributed by atoms with Crippen molar-refractivity contribution in [3.05, 3.63) is 16.8 Å². The van der Waals surface area contributed by atoms with Gasteiger partial charge in [-0.1, -0.05) is 0 Å². The lowest BCUT2D eigenvalue weighted by molar-refractivity contribution is 0.410. The van der Waals surface area contributed by atoms with Gasteiger partial charge >= 0.3 is 0 Å². The average Bonchev–Trinajstić information content (AvgIpc) is 2.65. The minimum absolute atomic E-state index is 0.291. The molecule has 3 heterocycles. The minimum Gasteiger partial charge on any atom is -0.348 e. The van der Waals surface area contributed by atoms with E-state index in [0.29, 0.717) is 23.7 Å². The number of piperidine rings is 1. The number of anilines is 1. The fraction of sp³-hybridized carbons (Fsp3) is 0.643. The highest BCUT2D eigenvalue weighted by Gasteiger charge is 2.41. The van der Waals surface area contributed by atoms with E-state index in [9.17, 15) is 5.26 Å². The van der Waals surface area contributed by atoms with E-state index in [0.717, 1.165) is 42.8 Å². The van der Waals surface area contributed by atoms with Gasteiger partial charge in [-0.05, 0) is 45.1 Å². The molecule has 2 unspecified atom stereocenters. The quantitative estimate of drug-likeness (QED) is 0.823. The van der Waals surface area contributed by atoms with Crippen LogP contribution >= 0.6 is 0 Å². The molecule has 0 amide bonds. The largest absolute Gasteiger partial charge is 0.348 e. The summed E-state index contributed by atoms with van der Waals surface area (Å²) < 4.78 is 0. The number of rotatable bonds is 1. The average molecular weight is 257 g/mol. The molecule has 1 aromatic heterocycles. The summed E-state index contributed by atoms with van der Waals surface area (Å²) in [4.78, 5) is 2.31. The SMILES string of the molecule is Cc1nnc(N2C3CCC2CC(N)C3)c(C#N)c1C. The summed E-state index contributed by atoms with van der Waals surface area (Å²) >= 11 is 0. The number of aromatic nitrogens is 2. The van der Waals surface area contributed by atoms with Gasteiger partial charge in [-0.15, -0.1) is 5.10 Å². The summed E-state index contributed by atoms with van der Waals surface area (Å²) in [6.07, 6.45) is 4.29. The van der Waals surface area contributed by atoms with E-state index in [2.05, 4.69) is 21.2 Å². The van der Waals surface area contributed by atoms with Gasteiger partial charge in [0.15, 0.2) is 5.82 Å². The number of hydrogen-bond acceptors (Lipinski definition) is 5. The molecule has 2 aliphatic heterocycles. The lowest BCUT2D eigenvalue weighted by Crippen LogP contribution is -2.48. The van der Waals surface area contributed by atoms with Crippen molar-refractivity contribution >= 4 is 5.82 Å². The van der Waals surface area contributed by atoms with Gasteiger partial charge in [0.05, 0.1) is 5.69 Å². The molecule has 100 valence electrons. The standard InChI is InChI=1S/C14H19N5/c1-8-9(2)17-18-14(13(8)7-15)19-11-3-4-12(19)6-10(16)5-11/h10-12H,3-6,16H2,1-2H3. The van der Waals surface area contributed by atoms with Gasteiger partial charge in [-0.3, -0.25) is 0 Å². The Morgan fingerprint density at radius 3 is 2.42 bits per heavy atom. The van der Waals surface area contributed by atoms with Crippen molar-refractivity contribution in [1.29, 1.82) is 5.26 Å². The van der Waals surface area contributed by atoms with Crippen molar-refractivity contribution in [2.75, 3.05) is 4.90 Å². The molecule has 2 N–H and O–H groups in total. The molecule has 2 saturated heterocycles. The van der Waals surface area contributed by atoms with Gasteiger partial charge in [0.2, 0.25) is 0 Å². The Labute approximate surface area is 113 Å². The van der Waals surface area contributed by atoms with Gasteiger partial charge < -0.3 is 10.6 Å². The monoisotopic (exact) mass is 257 g/mol. The highest BCUT2D eigenvalue weighted by atomic mass is 15.3. The predicted molar refractivity (Wildman–Crippen MR) is 72.7 cm³/mol. The van der Waals surface area contributed by atoms with Crippen molar-refractivity contribution < 1.29 is 0 Å². The fourth-order valence-corrected chi connectivity index (χ4v) is 3.48. The number of aryl methyl sites for hydroxylation is 1. The molecule has 0 saturated carbocycles. The predicted octanol–water partition coefficient (Wildman–Crippen LogP) is 1.42. The maximum atomic E-state index is 9.43. The molecular formula is C14H19N5. The summed E-state index contributed by atoms with van der Waals surface area (Å²) in [7, 11) is 0. The van der Waals surface area contributed by atoms with Crippen LogP contribution in [0.2, 0.25) is 0 Å². The zero-order valence-electron chi connectivity index (χ0n) is 11.4. The first-order valence-electron chi connectivity index (χ1n) is 6.89. The van der Waals surface area contributed by atoms with Crippen LogP contribution in [0.25, 0.3) is 0 Å². The van der Waals surface area contributed by atoms with Crippen LogP contribution in [-0.4, -0.2) is 28.3 Å². The topological polar surface area (TPSA) is 78.8 Å².